The fourth-order valence-electron chi connectivity index (χ4n) is 1.74. The minimum atomic E-state index is -0.721. The number of guanidine groups is 1. The lowest BCUT2D eigenvalue weighted by atomic mass is 10.2. The first-order chi connectivity index (χ1) is 8.66. The maximum atomic E-state index is 11.8. The Morgan fingerprint density at radius 2 is 2.11 bits per heavy atom. The minimum absolute atomic E-state index is 0.0717. The van der Waals surface area contributed by atoms with Gasteiger partial charge in [-0.1, -0.05) is 30.3 Å². The van der Waals surface area contributed by atoms with Gasteiger partial charge in [-0.05, 0) is 5.56 Å². The highest BCUT2D eigenvalue weighted by Crippen LogP contribution is 2.10. The quantitative estimate of drug-likeness (QED) is 0.793. The number of urea groups is 1. The van der Waals surface area contributed by atoms with Crippen LogP contribution in [0.4, 0.5) is 4.79 Å². The third kappa shape index (κ3) is 2.85. The molecule has 1 heterocycles. The Kier molecular flexibility index (Phi) is 3.57. The zero-order chi connectivity index (χ0) is 13.0. The van der Waals surface area contributed by atoms with E-state index in [1.165, 1.54) is 4.90 Å². The summed E-state index contributed by atoms with van der Waals surface area (Å²) in [6.07, 6.45) is 0.344. The van der Waals surface area contributed by atoms with E-state index in [1.54, 1.807) is 0 Å². The lowest BCUT2D eigenvalue weighted by Gasteiger charge is -2.27. The van der Waals surface area contributed by atoms with Crippen LogP contribution in [0.15, 0.2) is 35.3 Å². The number of hydrogen-bond acceptors (Lipinski definition) is 3. The van der Waals surface area contributed by atoms with Crippen LogP contribution in [-0.2, 0) is 11.3 Å². The second-order valence-electron chi connectivity index (χ2n) is 3.91. The Bertz CT molecular complexity index is 484. The molecular weight excluding hydrogens is 232 g/mol. The monoisotopic (exact) mass is 246 g/mol. The van der Waals surface area contributed by atoms with Gasteiger partial charge < -0.3 is 5.73 Å². The number of nitrogens with one attached hydrogen (secondary N) is 1. The Morgan fingerprint density at radius 3 is 2.78 bits per heavy atom. The molecule has 94 valence electrons. The Hall–Kier alpha value is -2.37. The fourth-order valence-corrected chi connectivity index (χ4v) is 1.74. The van der Waals surface area contributed by atoms with Crippen molar-refractivity contribution in [1.82, 2.24) is 10.2 Å². The maximum Gasteiger partial charge on any atom is 0.318 e. The predicted molar refractivity (Wildman–Crippen MR) is 66.6 cm³/mol. The highest BCUT2D eigenvalue weighted by atomic mass is 16.2. The van der Waals surface area contributed by atoms with Crippen molar-refractivity contribution in [3.05, 3.63) is 35.9 Å². The first kappa shape index (κ1) is 12.1. The Morgan fingerprint density at radius 1 is 1.39 bits per heavy atom. The first-order valence-electron chi connectivity index (χ1n) is 5.62. The van der Waals surface area contributed by atoms with E-state index in [-0.39, 0.29) is 11.9 Å². The van der Waals surface area contributed by atoms with Crippen molar-refractivity contribution in [2.75, 3.05) is 6.54 Å². The molecule has 1 aromatic carbocycles. The van der Waals surface area contributed by atoms with Crippen LogP contribution < -0.4 is 11.1 Å². The van der Waals surface area contributed by atoms with Gasteiger partial charge in [0, 0.05) is 6.42 Å². The van der Waals surface area contributed by atoms with Gasteiger partial charge in [-0.3, -0.25) is 20.0 Å². The highest BCUT2D eigenvalue weighted by molar-refractivity contribution is 6.04. The summed E-state index contributed by atoms with van der Waals surface area (Å²) in [4.78, 5) is 28.2. The predicted octanol–water partition coefficient (Wildman–Crippen LogP) is 0.443. The number of rotatable bonds is 2. The SMILES string of the molecule is NC(=O)NC1=NCCC(=O)N1Cc1ccccc1. The largest absolute Gasteiger partial charge is 0.351 e. The van der Waals surface area contributed by atoms with Gasteiger partial charge in [-0.25, -0.2) is 4.79 Å². The van der Waals surface area contributed by atoms with Crippen LogP contribution in [0.3, 0.4) is 0 Å². The molecule has 18 heavy (non-hydrogen) atoms. The molecule has 6 heteroatoms. The molecule has 0 aliphatic carbocycles. The van der Waals surface area contributed by atoms with Crippen LogP contribution in [0, 0.1) is 0 Å². The lowest BCUT2D eigenvalue weighted by molar-refractivity contribution is -0.128. The molecular formula is C12H14N4O2. The molecule has 0 fully saturated rings. The number of nitrogens with two attached hydrogens (primary N) is 1. The number of aliphatic imine (C=N–C) groups is 1. The van der Waals surface area contributed by atoms with Gasteiger partial charge in [0.25, 0.3) is 0 Å². The molecule has 1 aromatic rings. The standard InChI is InChI=1S/C12H14N4O2/c13-11(18)15-12-14-7-6-10(17)16(12)8-9-4-2-1-3-5-9/h1-5H,6-8H2,(H3,13,14,15,18). The number of primary amides is 1. The number of amides is 3. The molecule has 0 unspecified atom stereocenters. The van der Waals surface area contributed by atoms with Crippen molar-refractivity contribution in [1.29, 1.82) is 0 Å². The van der Waals surface area contributed by atoms with Crippen molar-refractivity contribution in [3.8, 4) is 0 Å². The van der Waals surface area contributed by atoms with Crippen LogP contribution >= 0.6 is 0 Å². The first-order valence-corrected chi connectivity index (χ1v) is 5.62. The molecule has 1 aliphatic heterocycles. The second-order valence-corrected chi connectivity index (χ2v) is 3.91. The highest BCUT2D eigenvalue weighted by Gasteiger charge is 2.24. The molecule has 0 bridgehead atoms. The number of nitrogens with zero attached hydrogens (tertiary/aromatic N) is 2. The molecule has 0 saturated carbocycles. The molecule has 0 aromatic heterocycles. The summed E-state index contributed by atoms with van der Waals surface area (Å²) in [6, 6.07) is 8.78. The second kappa shape index (κ2) is 5.31. The summed E-state index contributed by atoms with van der Waals surface area (Å²) in [5.74, 6) is 0.153. The van der Waals surface area contributed by atoms with Crippen molar-refractivity contribution in [2.24, 2.45) is 10.7 Å². The van der Waals surface area contributed by atoms with Gasteiger partial charge in [0.05, 0.1) is 13.1 Å². The van der Waals surface area contributed by atoms with E-state index in [1.807, 2.05) is 30.3 Å². The number of benzene rings is 1. The van der Waals surface area contributed by atoms with Crippen LogP contribution in [0.2, 0.25) is 0 Å². The Balaban J connectivity index is 2.16. The van der Waals surface area contributed by atoms with Crippen molar-refractivity contribution in [3.63, 3.8) is 0 Å². The van der Waals surface area contributed by atoms with E-state index in [0.29, 0.717) is 19.5 Å². The maximum absolute atomic E-state index is 11.8. The van der Waals surface area contributed by atoms with E-state index in [9.17, 15) is 9.59 Å². The van der Waals surface area contributed by atoms with Gasteiger partial charge >= 0.3 is 6.03 Å². The van der Waals surface area contributed by atoms with Gasteiger partial charge in [0.15, 0.2) is 0 Å². The molecule has 0 saturated heterocycles. The molecule has 3 N–H and O–H groups in total. The lowest BCUT2D eigenvalue weighted by Crippen LogP contribution is -2.50. The fraction of sp³-hybridized carbons (Fsp3) is 0.250. The average Bonchev–Trinajstić information content (AvgIpc) is 2.34. The molecule has 6 nitrogen and oxygen atoms in total. The van der Waals surface area contributed by atoms with Gasteiger partial charge in [-0.2, -0.15) is 0 Å². The topological polar surface area (TPSA) is 87.8 Å². The van der Waals surface area contributed by atoms with Gasteiger partial charge in [0.1, 0.15) is 0 Å². The number of carbonyl (C=O) groups excluding carboxylic acids is 2. The van der Waals surface area contributed by atoms with Crippen LogP contribution in [-0.4, -0.2) is 29.3 Å². The van der Waals surface area contributed by atoms with E-state index in [4.69, 9.17) is 5.73 Å². The van der Waals surface area contributed by atoms with E-state index >= 15 is 0 Å². The third-order valence-corrected chi connectivity index (χ3v) is 2.56. The van der Waals surface area contributed by atoms with E-state index < -0.39 is 6.03 Å². The van der Waals surface area contributed by atoms with Crippen molar-refractivity contribution in [2.45, 2.75) is 13.0 Å². The summed E-state index contributed by atoms with van der Waals surface area (Å²) >= 11 is 0. The van der Waals surface area contributed by atoms with Crippen LogP contribution in [0.25, 0.3) is 0 Å². The molecule has 0 atom stereocenters. The average molecular weight is 246 g/mol. The number of carbonyl (C=O) groups is 2. The molecule has 0 radical (unpaired) electrons. The Labute approximate surface area is 104 Å². The minimum Gasteiger partial charge on any atom is -0.351 e. The normalized spacial score (nSPS) is 15.2. The zero-order valence-electron chi connectivity index (χ0n) is 9.80. The van der Waals surface area contributed by atoms with Gasteiger partial charge in [-0.15, -0.1) is 0 Å². The van der Waals surface area contributed by atoms with Crippen molar-refractivity contribution >= 4 is 17.9 Å². The van der Waals surface area contributed by atoms with Crippen LogP contribution in [0.1, 0.15) is 12.0 Å². The smallest absolute Gasteiger partial charge is 0.318 e. The molecule has 0 spiro atoms. The zero-order valence-corrected chi connectivity index (χ0v) is 9.80. The molecule has 3 amide bonds. The summed E-state index contributed by atoms with van der Waals surface area (Å²) in [6.45, 7) is 0.749. The summed E-state index contributed by atoms with van der Waals surface area (Å²) in [5, 5.41) is 2.38. The summed E-state index contributed by atoms with van der Waals surface area (Å²) in [7, 11) is 0. The summed E-state index contributed by atoms with van der Waals surface area (Å²) in [5.41, 5.74) is 6.02. The van der Waals surface area contributed by atoms with E-state index in [2.05, 4.69) is 10.3 Å². The molecule has 2 rings (SSSR count). The number of hydrogen-bond donors (Lipinski definition) is 2. The summed E-state index contributed by atoms with van der Waals surface area (Å²) < 4.78 is 0. The van der Waals surface area contributed by atoms with Gasteiger partial charge in [0.2, 0.25) is 11.9 Å². The molecule has 1 aliphatic rings. The third-order valence-electron chi connectivity index (χ3n) is 2.56. The van der Waals surface area contributed by atoms with Crippen LogP contribution in [0.5, 0.6) is 0 Å². The van der Waals surface area contributed by atoms with E-state index in [0.717, 1.165) is 5.56 Å². The van der Waals surface area contributed by atoms with Crippen molar-refractivity contribution < 1.29 is 9.59 Å².